The van der Waals surface area contributed by atoms with Crippen molar-refractivity contribution < 1.29 is 22.7 Å². The molecule has 0 aromatic heterocycles. The number of thioether (sulfide) groups is 1. The van der Waals surface area contributed by atoms with E-state index in [1.165, 1.54) is 23.9 Å². The van der Waals surface area contributed by atoms with E-state index in [1.54, 1.807) is 6.07 Å². The predicted molar refractivity (Wildman–Crippen MR) is 103 cm³/mol. The van der Waals surface area contributed by atoms with Crippen LogP contribution in [0.3, 0.4) is 0 Å². The normalized spacial score (nSPS) is 12.0. The zero-order valence-electron chi connectivity index (χ0n) is 14.2. The van der Waals surface area contributed by atoms with Crippen LogP contribution < -0.4 is 10.1 Å². The largest absolute Gasteiger partial charge is 0.573 e. The van der Waals surface area contributed by atoms with Crippen LogP contribution in [0.25, 0.3) is 0 Å². The van der Waals surface area contributed by atoms with Crippen LogP contribution in [0, 0.1) is 0 Å². The minimum Gasteiger partial charge on any atom is -0.406 e. The van der Waals surface area contributed by atoms with Crippen LogP contribution in [-0.4, -0.2) is 23.2 Å². The van der Waals surface area contributed by atoms with Crippen molar-refractivity contribution in [1.82, 2.24) is 0 Å². The van der Waals surface area contributed by atoms with E-state index in [-0.39, 0.29) is 5.75 Å². The molecule has 0 spiro atoms. The second-order valence-corrected chi connectivity index (χ2v) is 6.95. The van der Waals surface area contributed by atoms with Crippen LogP contribution in [0.1, 0.15) is 12.5 Å². The zero-order valence-corrected chi connectivity index (χ0v) is 15.8. The summed E-state index contributed by atoms with van der Waals surface area (Å²) in [5.74, 6) is 0.352. The summed E-state index contributed by atoms with van der Waals surface area (Å²) < 4.78 is 40.2. The zero-order chi connectivity index (χ0) is 19.9. The molecule has 0 heterocycles. The monoisotopic (exact) mass is 416 g/mol. The molecule has 0 aliphatic rings. The Labute approximate surface area is 163 Å². The van der Waals surface area contributed by atoms with E-state index in [1.807, 2.05) is 25.1 Å². The van der Waals surface area contributed by atoms with Gasteiger partial charge in [-0.05, 0) is 41.6 Å². The van der Waals surface area contributed by atoms with Crippen molar-refractivity contribution in [1.29, 1.82) is 0 Å². The van der Waals surface area contributed by atoms with Gasteiger partial charge in [0, 0.05) is 17.1 Å². The van der Waals surface area contributed by atoms with Crippen LogP contribution in [0.4, 0.5) is 23.7 Å². The van der Waals surface area contributed by atoms with Crippen molar-refractivity contribution in [2.45, 2.75) is 19.7 Å². The summed E-state index contributed by atoms with van der Waals surface area (Å²) in [4.78, 5) is 16.2. The summed E-state index contributed by atoms with van der Waals surface area (Å²) in [6.07, 6.45) is -4.36. The summed E-state index contributed by atoms with van der Waals surface area (Å²) in [7, 11) is 0. The van der Waals surface area contributed by atoms with E-state index in [4.69, 9.17) is 11.6 Å². The van der Waals surface area contributed by atoms with Gasteiger partial charge in [0.15, 0.2) is 0 Å². The SMILES string of the molecule is CCSC(Cc1ccccc1Cl)=NC(=O)Nc1ccc(OC(F)(F)F)cc1. The van der Waals surface area contributed by atoms with Gasteiger partial charge in [0.1, 0.15) is 5.75 Å². The van der Waals surface area contributed by atoms with Gasteiger partial charge < -0.3 is 10.1 Å². The maximum absolute atomic E-state index is 12.2. The molecule has 0 aliphatic heterocycles. The number of benzene rings is 2. The van der Waals surface area contributed by atoms with E-state index in [9.17, 15) is 18.0 Å². The Bertz CT molecular complexity index is 811. The minimum absolute atomic E-state index is 0.303. The number of carbonyl (C=O) groups is 1. The van der Waals surface area contributed by atoms with Gasteiger partial charge >= 0.3 is 12.4 Å². The van der Waals surface area contributed by atoms with E-state index in [0.29, 0.717) is 22.2 Å². The Morgan fingerprint density at radius 3 is 2.44 bits per heavy atom. The van der Waals surface area contributed by atoms with Gasteiger partial charge in [-0.15, -0.1) is 24.9 Å². The van der Waals surface area contributed by atoms with E-state index >= 15 is 0 Å². The number of urea groups is 1. The Morgan fingerprint density at radius 1 is 1.19 bits per heavy atom. The first kappa shape index (κ1) is 21.1. The third kappa shape index (κ3) is 7.52. The maximum Gasteiger partial charge on any atom is 0.573 e. The highest BCUT2D eigenvalue weighted by Gasteiger charge is 2.30. The summed E-state index contributed by atoms with van der Waals surface area (Å²) in [5, 5.41) is 3.68. The molecule has 0 unspecified atom stereocenters. The first-order valence-corrected chi connectivity index (χ1v) is 9.23. The highest BCUT2D eigenvalue weighted by atomic mass is 35.5. The van der Waals surface area contributed by atoms with Gasteiger partial charge in [0.05, 0.1) is 5.04 Å². The Morgan fingerprint density at radius 2 is 1.85 bits per heavy atom. The highest BCUT2D eigenvalue weighted by Crippen LogP contribution is 2.24. The van der Waals surface area contributed by atoms with Crippen LogP contribution in [0.5, 0.6) is 5.75 Å². The van der Waals surface area contributed by atoms with Gasteiger partial charge in [0.25, 0.3) is 0 Å². The molecule has 144 valence electrons. The molecule has 0 radical (unpaired) electrons. The summed E-state index contributed by atoms with van der Waals surface area (Å²) in [6, 6.07) is 11.5. The van der Waals surface area contributed by atoms with Crippen molar-refractivity contribution in [3.8, 4) is 5.75 Å². The second-order valence-electron chi connectivity index (χ2n) is 5.21. The van der Waals surface area contributed by atoms with Crippen LogP contribution >= 0.6 is 23.4 Å². The van der Waals surface area contributed by atoms with Gasteiger partial charge in [-0.1, -0.05) is 36.7 Å². The molecule has 0 atom stereocenters. The molecule has 0 saturated heterocycles. The van der Waals surface area contributed by atoms with Crippen molar-refractivity contribution in [2.24, 2.45) is 4.99 Å². The third-order valence-corrected chi connectivity index (χ3v) is 4.40. The summed E-state index contributed by atoms with van der Waals surface area (Å²) >= 11 is 7.55. The number of nitrogens with one attached hydrogen (secondary N) is 1. The molecule has 2 rings (SSSR count). The molecular weight excluding hydrogens is 401 g/mol. The number of amides is 2. The lowest BCUT2D eigenvalue weighted by molar-refractivity contribution is -0.274. The number of alkyl halides is 3. The number of carbonyl (C=O) groups excluding carboxylic acids is 1. The number of aliphatic imine (C=N–C) groups is 1. The molecule has 27 heavy (non-hydrogen) atoms. The molecule has 2 aromatic rings. The number of rotatable bonds is 5. The summed E-state index contributed by atoms with van der Waals surface area (Å²) in [5.41, 5.74) is 1.15. The lowest BCUT2D eigenvalue weighted by atomic mass is 10.2. The molecule has 0 aliphatic carbocycles. The van der Waals surface area contributed by atoms with Crippen molar-refractivity contribution >= 4 is 40.1 Å². The predicted octanol–water partition coefficient (Wildman–Crippen LogP) is 6.16. The highest BCUT2D eigenvalue weighted by molar-refractivity contribution is 8.13. The maximum atomic E-state index is 12.2. The van der Waals surface area contributed by atoms with E-state index < -0.39 is 12.4 Å². The van der Waals surface area contributed by atoms with E-state index in [0.717, 1.165) is 23.4 Å². The molecule has 0 saturated carbocycles. The second kappa shape index (κ2) is 9.66. The number of ether oxygens (including phenoxy) is 1. The number of hydrogen-bond acceptors (Lipinski definition) is 3. The molecule has 0 fully saturated rings. The molecular formula is C18H16ClF3N2O2S. The molecule has 2 amide bonds. The lowest BCUT2D eigenvalue weighted by Crippen LogP contribution is -2.17. The smallest absolute Gasteiger partial charge is 0.406 e. The van der Waals surface area contributed by atoms with E-state index in [2.05, 4.69) is 15.0 Å². The van der Waals surface area contributed by atoms with Gasteiger partial charge in [-0.3, -0.25) is 0 Å². The fourth-order valence-electron chi connectivity index (χ4n) is 2.10. The topological polar surface area (TPSA) is 50.7 Å². The quantitative estimate of drug-likeness (QED) is 0.468. The summed E-state index contributed by atoms with van der Waals surface area (Å²) in [6.45, 7) is 1.93. The first-order chi connectivity index (χ1) is 12.8. The molecule has 9 heteroatoms. The average molecular weight is 417 g/mol. The van der Waals surface area contributed by atoms with Gasteiger partial charge in [-0.25, -0.2) is 4.79 Å². The van der Waals surface area contributed by atoms with Gasteiger partial charge in [-0.2, -0.15) is 4.99 Å². The van der Waals surface area contributed by atoms with Crippen molar-refractivity contribution in [2.75, 3.05) is 11.1 Å². The Hall–Kier alpha value is -2.19. The standard InChI is InChI=1S/C18H16ClF3N2O2S/c1-2-27-16(11-12-5-3-4-6-15(12)19)24-17(25)23-13-7-9-14(10-8-13)26-18(20,21)22/h3-10H,2,11H2,1H3,(H,23,25). The number of nitrogens with zero attached hydrogens (tertiary/aromatic N) is 1. The molecule has 0 bridgehead atoms. The molecule has 4 nitrogen and oxygen atoms in total. The Balaban J connectivity index is 2.04. The fourth-order valence-corrected chi connectivity index (χ4v) is 3.04. The average Bonchev–Trinajstić information content (AvgIpc) is 2.57. The third-order valence-electron chi connectivity index (χ3n) is 3.18. The van der Waals surface area contributed by atoms with Crippen LogP contribution in [-0.2, 0) is 6.42 Å². The first-order valence-electron chi connectivity index (χ1n) is 7.87. The minimum atomic E-state index is -4.76. The van der Waals surface area contributed by atoms with Gasteiger partial charge in [0.2, 0.25) is 0 Å². The number of halogens is 4. The molecule has 2 aromatic carbocycles. The Kier molecular flexibility index (Phi) is 7.55. The van der Waals surface area contributed by atoms with Crippen molar-refractivity contribution in [3.05, 3.63) is 59.1 Å². The lowest BCUT2D eigenvalue weighted by Gasteiger charge is -2.10. The number of hydrogen-bond donors (Lipinski definition) is 1. The molecule has 1 N–H and O–H groups in total. The van der Waals surface area contributed by atoms with Crippen molar-refractivity contribution in [3.63, 3.8) is 0 Å². The van der Waals surface area contributed by atoms with Crippen LogP contribution in [0.2, 0.25) is 5.02 Å². The van der Waals surface area contributed by atoms with Crippen LogP contribution in [0.15, 0.2) is 53.5 Å². The fraction of sp³-hybridized carbons (Fsp3) is 0.222. The number of anilines is 1.